The summed E-state index contributed by atoms with van der Waals surface area (Å²) >= 11 is 0. The number of carboxylic acid groups (broad SMARTS) is 1. The molecule has 0 unspecified atom stereocenters. The predicted octanol–water partition coefficient (Wildman–Crippen LogP) is 2.99. The molecule has 0 heterocycles. The fourth-order valence-electron chi connectivity index (χ4n) is 3.71. The van der Waals surface area contributed by atoms with Crippen LogP contribution in [0, 0.1) is 0 Å². The number of carbonyl (C=O) groups excluding carboxylic acids is 1. The Balaban J connectivity index is 0. The van der Waals surface area contributed by atoms with Crippen LogP contribution in [0.4, 0.5) is 0 Å². The Kier molecular flexibility index (Phi) is 46.9. The molecule has 0 saturated carbocycles. The van der Waals surface area contributed by atoms with Crippen LogP contribution in [-0.4, -0.2) is 138 Å². The van der Waals surface area contributed by atoms with Gasteiger partial charge < -0.3 is 57.3 Å². The molecule has 0 bridgehead atoms. The van der Waals surface area contributed by atoms with Crippen molar-refractivity contribution in [2.45, 2.75) is 64.7 Å². The Morgan fingerprint density at radius 3 is 1.04 bits per heavy atom. The van der Waals surface area contributed by atoms with Crippen LogP contribution in [0.5, 0.6) is 0 Å². The van der Waals surface area contributed by atoms with Crippen LogP contribution in [0.3, 0.4) is 0 Å². The first-order chi connectivity index (χ1) is 22.3. The smallest absolute Gasteiger partial charge is 0.0862 e. The normalized spacial score (nSPS) is 11.4. The minimum Gasteiger partial charge on any atom is -0.548 e. The minimum absolute atomic E-state index is 0. The summed E-state index contributed by atoms with van der Waals surface area (Å²) in [5.41, 5.74) is 0. The summed E-state index contributed by atoms with van der Waals surface area (Å²) in [4.78, 5) is 10.2. The molecule has 0 atom stereocenters. The SMILES string of the molecule is CCC/C=C\CCCCCCCCOCCOCCOCCOCCOCCOCCOCCOCCOCCOCC(=O)[O-].[Y]. The topological polar surface area (TPSA) is 132 Å². The number of allylic oxidation sites excluding steroid dienone is 2. The maximum Gasteiger partial charge on any atom is 0.0862 e. The number of aliphatic carboxylic acids is 1. The summed E-state index contributed by atoms with van der Waals surface area (Å²) in [6, 6.07) is 0. The monoisotopic (exact) mass is 740 g/mol. The van der Waals surface area contributed by atoms with Gasteiger partial charge in [-0.3, -0.25) is 0 Å². The number of hydrogen-bond acceptors (Lipinski definition) is 12. The number of unbranched alkanes of at least 4 members (excludes halogenated alkanes) is 7. The molecule has 12 nitrogen and oxygen atoms in total. The van der Waals surface area contributed by atoms with Crippen LogP contribution < -0.4 is 5.11 Å². The quantitative estimate of drug-likeness (QED) is 0.0676. The van der Waals surface area contributed by atoms with Crippen molar-refractivity contribution in [1.29, 1.82) is 0 Å². The van der Waals surface area contributed by atoms with Crippen molar-refractivity contribution in [1.82, 2.24) is 0 Å². The Hall–Kier alpha value is -0.0861. The second-order valence-corrected chi connectivity index (χ2v) is 10.1. The second kappa shape index (κ2) is 44.9. The molecule has 0 aromatic carbocycles. The predicted molar refractivity (Wildman–Crippen MR) is 170 cm³/mol. The van der Waals surface area contributed by atoms with Gasteiger partial charge in [-0.25, -0.2) is 0 Å². The average Bonchev–Trinajstić information content (AvgIpc) is 3.03. The second-order valence-electron chi connectivity index (χ2n) is 10.1. The first kappa shape index (κ1) is 48.0. The summed E-state index contributed by atoms with van der Waals surface area (Å²) in [6.07, 6.45) is 16.0. The molecule has 0 saturated heterocycles. The molecule has 0 rings (SSSR count). The zero-order valence-corrected chi connectivity index (χ0v) is 31.5. The van der Waals surface area contributed by atoms with Gasteiger partial charge in [-0.05, 0) is 25.7 Å². The van der Waals surface area contributed by atoms with Crippen molar-refractivity contribution in [2.75, 3.05) is 132 Å². The van der Waals surface area contributed by atoms with E-state index in [2.05, 4.69) is 19.1 Å². The number of carbonyl (C=O) groups is 1. The van der Waals surface area contributed by atoms with Crippen molar-refractivity contribution < 1.29 is 90.0 Å². The molecule has 0 aromatic rings. The zero-order valence-electron chi connectivity index (χ0n) is 28.6. The fraction of sp³-hybridized carbons (Fsp3) is 0.909. The van der Waals surface area contributed by atoms with E-state index in [4.69, 9.17) is 47.4 Å². The Morgan fingerprint density at radius 1 is 0.413 bits per heavy atom. The molecule has 1 radical (unpaired) electrons. The van der Waals surface area contributed by atoms with E-state index >= 15 is 0 Å². The molecule has 0 aliphatic rings. The van der Waals surface area contributed by atoms with E-state index in [-0.39, 0.29) is 39.3 Å². The molecule has 271 valence electrons. The maximum absolute atomic E-state index is 10.2. The van der Waals surface area contributed by atoms with Gasteiger partial charge in [0.1, 0.15) is 0 Å². The molecule has 13 heteroatoms. The van der Waals surface area contributed by atoms with Crippen molar-refractivity contribution in [3.8, 4) is 0 Å². The van der Waals surface area contributed by atoms with Crippen LogP contribution in [0.25, 0.3) is 0 Å². The van der Waals surface area contributed by atoms with Crippen molar-refractivity contribution in [2.24, 2.45) is 0 Å². The molecule has 0 aliphatic heterocycles. The zero-order chi connectivity index (χ0) is 32.6. The minimum atomic E-state index is -1.24. The first-order valence-corrected chi connectivity index (χ1v) is 16.9. The van der Waals surface area contributed by atoms with Crippen LogP contribution in [0.2, 0.25) is 0 Å². The van der Waals surface area contributed by atoms with Gasteiger partial charge in [0.25, 0.3) is 0 Å². The van der Waals surface area contributed by atoms with E-state index in [0.29, 0.717) is 112 Å². The van der Waals surface area contributed by atoms with E-state index in [1.807, 2.05) is 0 Å². The van der Waals surface area contributed by atoms with Crippen LogP contribution in [0.15, 0.2) is 12.2 Å². The van der Waals surface area contributed by atoms with Crippen LogP contribution in [0.1, 0.15) is 64.7 Å². The Morgan fingerprint density at radius 2 is 0.696 bits per heavy atom. The molecule has 0 aliphatic carbocycles. The Bertz CT molecular complexity index is 601. The van der Waals surface area contributed by atoms with Crippen LogP contribution >= 0.6 is 0 Å². The third kappa shape index (κ3) is 46.0. The number of ether oxygens (including phenoxy) is 10. The molecular formula is C33H63O12Y-. The number of hydrogen-bond donors (Lipinski definition) is 0. The van der Waals surface area contributed by atoms with E-state index < -0.39 is 12.6 Å². The molecule has 0 aromatic heterocycles. The summed E-state index contributed by atoms with van der Waals surface area (Å²) in [7, 11) is 0. The van der Waals surface area contributed by atoms with E-state index in [1.165, 1.54) is 51.4 Å². The van der Waals surface area contributed by atoms with Gasteiger partial charge in [-0.15, -0.1) is 0 Å². The Labute approximate surface area is 303 Å². The third-order valence-corrected chi connectivity index (χ3v) is 6.10. The molecular weight excluding hydrogens is 677 g/mol. The first-order valence-electron chi connectivity index (χ1n) is 16.9. The average molecular weight is 741 g/mol. The van der Waals surface area contributed by atoms with Crippen molar-refractivity contribution in [3.63, 3.8) is 0 Å². The number of rotatable bonds is 40. The van der Waals surface area contributed by atoms with Gasteiger partial charge in [0.05, 0.1) is 132 Å². The molecule has 0 spiro atoms. The molecule has 0 N–H and O–H groups in total. The number of carboxylic acids is 1. The van der Waals surface area contributed by atoms with Gasteiger partial charge in [-0.2, -0.15) is 0 Å². The van der Waals surface area contributed by atoms with Crippen molar-refractivity contribution in [3.05, 3.63) is 12.2 Å². The van der Waals surface area contributed by atoms with Crippen molar-refractivity contribution >= 4 is 5.97 Å². The summed E-state index contributed by atoms with van der Waals surface area (Å²) < 4.78 is 53.9. The summed E-state index contributed by atoms with van der Waals surface area (Å²) in [5, 5.41) is 10.2. The van der Waals surface area contributed by atoms with Gasteiger partial charge in [-0.1, -0.05) is 51.2 Å². The van der Waals surface area contributed by atoms with E-state index in [0.717, 1.165) is 13.0 Å². The van der Waals surface area contributed by atoms with Crippen LogP contribution in [-0.2, 0) is 84.9 Å². The summed E-state index contributed by atoms with van der Waals surface area (Å²) in [5.74, 6) is -1.24. The fourth-order valence-corrected chi connectivity index (χ4v) is 3.71. The molecule has 0 fully saturated rings. The molecule has 0 amide bonds. The van der Waals surface area contributed by atoms with Gasteiger partial charge in [0.15, 0.2) is 0 Å². The van der Waals surface area contributed by atoms with Gasteiger partial charge >= 0.3 is 0 Å². The third-order valence-electron chi connectivity index (χ3n) is 6.10. The van der Waals surface area contributed by atoms with Gasteiger partial charge in [0, 0.05) is 39.3 Å². The molecule has 46 heavy (non-hydrogen) atoms. The van der Waals surface area contributed by atoms with E-state index in [9.17, 15) is 9.90 Å². The largest absolute Gasteiger partial charge is 0.548 e. The maximum atomic E-state index is 10.2. The summed E-state index contributed by atoms with van der Waals surface area (Å²) in [6.45, 7) is 11.3. The standard InChI is InChI=1S/C33H64O12.Y/c1-2-3-4-5-6-7-8-9-10-11-12-13-36-14-15-37-16-17-38-18-19-39-20-21-40-22-23-41-24-25-42-26-27-43-28-29-44-30-31-45-32-33(34)35;/h4-5H,2-3,6-32H2,1H3,(H,34,35);/p-1/b5-4-;. The van der Waals surface area contributed by atoms with E-state index in [1.54, 1.807) is 0 Å². The van der Waals surface area contributed by atoms with Gasteiger partial charge in [0.2, 0.25) is 0 Å².